The summed E-state index contributed by atoms with van der Waals surface area (Å²) in [6.07, 6.45) is 2.84. The highest BCUT2D eigenvalue weighted by atomic mass is 16.7. The van der Waals surface area contributed by atoms with Crippen LogP contribution in [0, 0.1) is 0 Å². The Morgan fingerprint density at radius 3 is 1.56 bits per heavy atom. The van der Waals surface area contributed by atoms with Crippen molar-refractivity contribution in [3.8, 4) is 0 Å². The second-order valence-corrected chi connectivity index (χ2v) is 4.06. The third-order valence-corrected chi connectivity index (χ3v) is 2.90. The van der Waals surface area contributed by atoms with Crippen LogP contribution in [-0.4, -0.2) is 45.8 Å². The molecule has 0 saturated heterocycles. The van der Waals surface area contributed by atoms with E-state index < -0.39 is 6.16 Å². The Kier molecular flexibility index (Phi) is 10.8. The highest BCUT2D eigenvalue weighted by Gasteiger charge is 2.09. The minimum atomic E-state index is -0.619. The molecule has 0 aromatic heterocycles. The number of carbonyl (C=O) groups is 1. The van der Waals surface area contributed by atoms with Gasteiger partial charge in [0.1, 0.15) is 0 Å². The van der Waals surface area contributed by atoms with Gasteiger partial charge in [0.2, 0.25) is 0 Å². The first-order valence-electron chi connectivity index (χ1n) is 6.52. The monoisotopic (exact) mass is 262 g/mol. The topological polar surface area (TPSA) is 54.0 Å². The molecule has 0 radical (unpaired) electrons. The van der Waals surface area contributed by atoms with Crippen LogP contribution in [0.4, 0.5) is 4.79 Å². The van der Waals surface area contributed by atoms with Crippen molar-refractivity contribution in [1.82, 2.24) is 0 Å². The van der Waals surface area contributed by atoms with Crippen molar-refractivity contribution in [2.24, 2.45) is 0 Å². The summed E-state index contributed by atoms with van der Waals surface area (Å²) < 4.78 is 20.2. The third kappa shape index (κ3) is 8.31. The highest BCUT2D eigenvalue weighted by molar-refractivity contribution is 5.59. The molecule has 0 bridgehead atoms. The van der Waals surface area contributed by atoms with E-state index in [1.165, 1.54) is 0 Å². The minimum Gasteiger partial charge on any atom is -0.434 e. The molecule has 0 aliphatic heterocycles. The first-order chi connectivity index (χ1) is 8.67. The van der Waals surface area contributed by atoms with E-state index in [9.17, 15) is 4.79 Å². The first-order valence-corrected chi connectivity index (χ1v) is 6.52. The molecule has 0 aromatic carbocycles. The first kappa shape index (κ1) is 17.2. The lowest BCUT2D eigenvalue weighted by molar-refractivity contribution is 0.0197. The van der Waals surface area contributed by atoms with E-state index in [0.29, 0.717) is 26.1 Å². The van der Waals surface area contributed by atoms with E-state index in [0.717, 1.165) is 12.8 Å². The normalized spacial score (nSPS) is 14.0. The third-order valence-electron chi connectivity index (χ3n) is 2.90. The SMILES string of the molecule is CCC(CCOC(=O)OCCC(CC)OC)OC. The Balaban J connectivity index is 3.54. The lowest BCUT2D eigenvalue weighted by Gasteiger charge is -2.14. The molecular weight excluding hydrogens is 236 g/mol. The van der Waals surface area contributed by atoms with E-state index in [1.54, 1.807) is 14.2 Å². The molecule has 0 spiro atoms. The van der Waals surface area contributed by atoms with Gasteiger partial charge in [-0.2, -0.15) is 0 Å². The zero-order valence-electron chi connectivity index (χ0n) is 11.9. The van der Waals surface area contributed by atoms with Gasteiger partial charge in [0, 0.05) is 27.1 Å². The molecule has 0 aliphatic carbocycles. The van der Waals surface area contributed by atoms with Crippen molar-refractivity contribution in [1.29, 1.82) is 0 Å². The van der Waals surface area contributed by atoms with E-state index in [-0.39, 0.29) is 12.2 Å². The number of methoxy groups -OCH3 is 2. The van der Waals surface area contributed by atoms with Gasteiger partial charge < -0.3 is 18.9 Å². The summed E-state index contributed by atoms with van der Waals surface area (Å²) >= 11 is 0. The van der Waals surface area contributed by atoms with Crippen LogP contribution < -0.4 is 0 Å². The maximum absolute atomic E-state index is 11.2. The molecule has 0 rings (SSSR count). The predicted molar refractivity (Wildman–Crippen MR) is 68.7 cm³/mol. The van der Waals surface area contributed by atoms with Gasteiger partial charge in [-0.15, -0.1) is 0 Å². The summed E-state index contributed by atoms with van der Waals surface area (Å²) in [4.78, 5) is 11.2. The van der Waals surface area contributed by atoms with Crippen LogP contribution in [0.2, 0.25) is 0 Å². The van der Waals surface area contributed by atoms with E-state index in [2.05, 4.69) is 0 Å². The Labute approximate surface area is 110 Å². The standard InChI is InChI=1S/C13H26O5/c1-5-11(15-3)7-9-17-13(14)18-10-8-12(6-2)16-4/h11-12H,5-10H2,1-4H3. The van der Waals surface area contributed by atoms with Gasteiger partial charge in [0.15, 0.2) is 0 Å². The molecule has 5 nitrogen and oxygen atoms in total. The molecule has 0 saturated carbocycles. The van der Waals surface area contributed by atoms with Crippen molar-refractivity contribution in [2.45, 2.75) is 51.7 Å². The van der Waals surface area contributed by atoms with Gasteiger partial charge in [-0.25, -0.2) is 4.79 Å². The second-order valence-electron chi connectivity index (χ2n) is 4.06. The summed E-state index contributed by atoms with van der Waals surface area (Å²) in [6, 6.07) is 0. The number of hydrogen-bond donors (Lipinski definition) is 0. The molecule has 108 valence electrons. The molecule has 5 heteroatoms. The Morgan fingerprint density at radius 1 is 0.889 bits per heavy atom. The summed E-state index contributed by atoms with van der Waals surface area (Å²) in [7, 11) is 3.31. The average molecular weight is 262 g/mol. The lowest BCUT2D eigenvalue weighted by Crippen LogP contribution is -2.18. The van der Waals surface area contributed by atoms with Crippen LogP contribution in [0.15, 0.2) is 0 Å². The van der Waals surface area contributed by atoms with Crippen LogP contribution in [0.25, 0.3) is 0 Å². The van der Waals surface area contributed by atoms with Gasteiger partial charge in [-0.1, -0.05) is 13.8 Å². The molecule has 0 aliphatic rings. The lowest BCUT2D eigenvalue weighted by atomic mass is 10.2. The van der Waals surface area contributed by atoms with E-state index in [1.807, 2.05) is 13.8 Å². The fraction of sp³-hybridized carbons (Fsp3) is 0.923. The maximum Gasteiger partial charge on any atom is 0.508 e. The van der Waals surface area contributed by atoms with Gasteiger partial charge in [0.05, 0.1) is 25.4 Å². The van der Waals surface area contributed by atoms with E-state index >= 15 is 0 Å². The van der Waals surface area contributed by atoms with Crippen molar-refractivity contribution in [3.05, 3.63) is 0 Å². The summed E-state index contributed by atoms with van der Waals surface area (Å²) in [5.74, 6) is 0. The van der Waals surface area contributed by atoms with Crippen LogP contribution in [0.1, 0.15) is 39.5 Å². The molecule has 2 unspecified atom stereocenters. The molecule has 0 fully saturated rings. The Hall–Kier alpha value is -0.810. The van der Waals surface area contributed by atoms with Gasteiger partial charge >= 0.3 is 6.16 Å². The van der Waals surface area contributed by atoms with Crippen molar-refractivity contribution < 1.29 is 23.7 Å². The zero-order chi connectivity index (χ0) is 13.8. The largest absolute Gasteiger partial charge is 0.508 e. The van der Waals surface area contributed by atoms with Gasteiger partial charge in [-0.3, -0.25) is 0 Å². The zero-order valence-corrected chi connectivity index (χ0v) is 11.9. The Morgan fingerprint density at radius 2 is 1.28 bits per heavy atom. The van der Waals surface area contributed by atoms with Crippen molar-refractivity contribution in [2.75, 3.05) is 27.4 Å². The fourth-order valence-corrected chi connectivity index (χ4v) is 1.57. The summed E-state index contributed by atoms with van der Waals surface area (Å²) in [6.45, 7) is 4.71. The van der Waals surface area contributed by atoms with Gasteiger partial charge in [-0.05, 0) is 12.8 Å². The van der Waals surface area contributed by atoms with Crippen LogP contribution in [0.3, 0.4) is 0 Å². The Bertz CT molecular complexity index is 180. The number of rotatable bonds is 10. The second kappa shape index (κ2) is 11.3. The highest BCUT2D eigenvalue weighted by Crippen LogP contribution is 2.04. The van der Waals surface area contributed by atoms with Gasteiger partial charge in [0.25, 0.3) is 0 Å². The molecule has 0 heterocycles. The molecular formula is C13H26O5. The number of ether oxygens (including phenoxy) is 4. The molecule has 0 N–H and O–H groups in total. The average Bonchev–Trinajstić information content (AvgIpc) is 2.40. The van der Waals surface area contributed by atoms with Crippen molar-refractivity contribution >= 4 is 6.16 Å². The van der Waals surface area contributed by atoms with Crippen LogP contribution >= 0.6 is 0 Å². The molecule has 0 aromatic rings. The fourth-order valence-electron chi connectivity index (χ4n) is 1.57. The molecule has 0 amide bonds. The smallest absolute Gasteiger partial charge is 0.434 e. The molecule has 2 atom stereocenters. The summed E-state index contributed by atoms with van der Waals surface area (Å²) in [5, 5.41) is 0. The van der Waals surface area contributed by atoms with E-state index in [4.69, 9.17) is 18.9 Å². The number of carbonyl (C=O) groups excluding carboxylic acids is 1. The predicted octanol–water partition coefficient (Wildman–Crippen LogP) is 2.77. The summed E-state index contributed by atoms with van der Waals surface area (Å²) in [5.41, 5.74) is 0. The minimum absolute atomic E-state index is 0.135. The van der Waals surface area contributed by atoms with Crippen LogP contribution in [0.5, 0.6) is 0 Å². The van der Waals surface area contributed by atoms with Crippen molar-refractivity contribution in [3.63, 3.8) is 0 Å². The molecule has 18 heavy (non-hydrogen) atoms. The maximum atomic E-state index is 11.2. The number of hydrogen-bond acceptors (Lipinski definition) is 5. The quantitative estimate of drug-likeness (QED) is 0.567. The van der Waals surface area contributed by atoms with Crippen LogP contribution in [-0.2, 0) is 18.9 Å².